The maximum atomic E-state index is 13.2. The molecule has 0 aliphatic carbocycles. The molecule has 3 nitrogen and oxygen atoms in total. The molecule has 2 bridgehead atoms. The van der Waals surface area contributed by atoms with Gasteiger partial charge in [0.05, 0.1) is 0 Å². The SMILES string of the molecule is CN1C2CCCC1CC(C(=O)c1cc(F)ccn1)C2. The van der Waals surface area contributed by atoms with E-state index in [-0.39, 0.29) is 23.2 Å². The van der Waals surface area contributed by atoms with E-state index in [1.807, 2.05) is 0 Å². The lowest BCUT2D eigenvalue weighted by molar-refractivity contribution is 0.0336. The van der Waals surface area contributed by atoms with Crippen LogP contribution in [0.4, 0.5) is 4.39 Å². The third-order valence-corrected chi connectivity index (χ3v) is 4.69. The normalized spacial score (nSPS) is 31.2. The highest BCUT2D eigenvalue weighted by Crippen LogP contribution is 2.36. The van der Waals surface area contributed by atoms with Crippen molar-refractivity contribution in [2.24, 2.45) is 5.92 Å². The predicted molar refractivity (Wildman–Crippen MR) is 70.4 cm³/mol. The number of ketones is 1. The van der Waals surface area contributed by atoms with Crippen molar-refractivity contribution < 1.29 is 9.18 Å². The zero-order valence-corrected chi connectivity index (χ0v) is 11.2. The summed E-state index contributed by atoms with van der Waals surface area (Å²) < 4.78 is 13.2. The lowest BCUT2D eigenvalue weighted by Crippen LogP contribution is -2.51. The van der Waals surface area contributed by atoms with Gasteiger partial charge in [-0.15, -0.1) is 0 Å². The van der Waals surface area contributed by atoms with E-state index in [1.165, 1.54) is 37.6 Å². The molecule has 2 atom stereocenters. The van der Waals surface area contributed by atoms with Gasteiger partial charge in [0.2, 0.25) is 0 Å². The van der Waals surface area contributed by atoms with Gasteiger partial charge in [-0.1, -0.05) is 6.42 Å². The number of halogens is 1. The van der Waals surface area contributed by atoms with E-state index in [0.29, 0.717) is 12.1 Å². The summed E-state index contributed by atoms with van der Waals surface area (Å²) in [5.41, 5.74) is 0.285. The lowest BCUT2D eigenvalue weighted by atomic mass is 9.76. The Hall–Kier alpha value is -1.29. The van der Waals surface area contributed by atoms with Crippen molar-refractivity contribution in [3.05, 3.63) is 29.8 Å². The zero-order valence-electron chi connectivity index (χ0n) is 11.2. The lowest BCUT2D eigenvalue weighted by Gasteiger charge is -2.46. The Morgan fingerprint density at radius 1 is 1.37 bits per heavy atom. The quantitative estimate of drug-likeness (QED) is 0.768. The van der Waals surface area contributed by atoms with Crippen molar-refractivity contribution in [1.29, 1.82) is 0 Å². The average Bonchev–Trinajstić information content (AvgIpc) is 2.37. The Balaban J connectivity index is 1.78. The molecule has 1 aromatic heterocycles. The monoisotopic (exact) mass is 262 g/mol. The number of pyridine rings is 1. The molecule has 2 fully saturated rings. The second-order valence-corrected chi connectivity index (χ2v) is 5.80. The molecule has 0 spiro atoms. The van der Waals surface area contributed by atoms with Gasteiger partial charge in [-0.3, -0.25) is 9.78 Å². The molecule has 2 unspecified atom stereocenters. The highest BCUT2D eigenvalue weighted by Gasteiger charge is 2.39. The van der Waals surface area contributed by atoms with Gasteiger partial charge in [-0.25, -0.2) is 4.39 Å². The Bertz CT molecular complexity index is 477. The highest BCUT2D eigenvalue weighted by molar-refractivity contribution is 5.96. The summed E-state index contributed by atoms with van der Waals surface area (Å²) in [6.45, 7) is 0. The summed E-state index contributed by atoms with van der Waals surface area (Å²) in [5, 5.41) is 0. The number of carbonyl (C=O) groups is 1. The van der Waals surface area contributed by atoms with Crippen LogP contribution in [0.5, 0.6) is 0 Å². The van der Waals surface area contributed by atoms with Crippen molar-refractivity contribution in [2.75, 3.05) is 7.05 Å². The molecule has 0 saturated carbocycles. The van der Waals surface area contributed by atoms with Gasteiger partial charge >= 0.3 is 0 Å². The topological polar surface area (TPSA) is 33.2 Å². The molecule has 0 aromatic carbocycles. The van der Waals surface area contributed by atoms with E-state index in [2.05, 4.69) is 16.9 Å². The van der Waals surface area contributed by atoms with Crippen molar-refractivity contribution in [1.82, 2.24) is 9.88 Å². The van der Waals surface area contributed by atoms with E-state index >= 15 is 0 Å². The summed E-state index contributed by atoms with van der Waals surface area (Å²) in [6, 6.07) is 3.56. The summed E-state index contributed by atoms with van der Waals surface area (Å²) in [6.07, 6.45) is 6.77. The Kier molecular flexibility index (Phi) is 3.35. The van der Waals surface area contributed by atoms with Crippen LogP contribution in [-0.4, -0.2) is 34.8 Å². The molecule has 3 rings (SSSR count). The first-order valence-corrected chi connectivity index (χ1v) is 7.03. The van der Waals surface area contributed by atoms with Crippen LogP contribution in [0, 0.1) is 11.7 Å². The largest absolute Gasteiger partial charge is 0.300 e. The average molecular weight is 262 g/mol. The predicted octanol–water partition coefficient (Wildman–Crippen LogP) is 2.67. The molecular weight excluding hydrogens is 243 g/mol. The van der Waals surface area contributed by atoms with E-state index < -0.39 is 0 Å². The van der Waals surface area contributed by atoms with Crippen molar-refractivity contribution in [3.8, 4) is 0 Å². The van der Waals surface area contributed by atoms with Crippen LogP contribution in [0.3, 0.4) is 0 Å². The number of piperidine rings is 2. The van der Waals surface area contributed by atoms with Crippen molar-refractivity contribution in [3.63, 3.8) is 0 Å². The van der Waals surface area contributed by atoms with Gasteiger partial charge in [0.15, 0.2) is 5.78 Å². The zero-order chi connectivity index (χ0) is 13.4. The smallest absolute Gasteiger partial charge is 0.184 e. The number of aromatic nitrogens is 1. The molecular formula is C15H19FN2O. The van der Waals surface area contributed by atoms with Gasteiger partial charge in [0.25, 0.3) is 0 Å². The molecule has 19 heavy (non-hydrogen) atoms. The number of hydrogen-bond donors (Lipinski definition) is 0. The molecule has 2 aliphatic heterocycles. The third kappa shape index (κ3) is 2.41. The molecule has 3 heterocycles. The van der Waals surface area contributed by atoms with Crippen LogP contribution < -0.4 is 0 Å². The number of carbonyl (C=O) groups excluding carboxylic acids is 1. The van der Waals surface area contributed by atoms with Gasteiger partial charge in [-0.05, 0) is 38.8 Å². The minimum Gasteiger partial charge on any atom is -0.300 e. The molecule has 0 N–H and O–H groups in total. The van der Waals surface area contributed by atoms with Crippen molar-refractivity contribution >= 4 is 5.78 Å². The van der Waals surface area contributed by atoms with Crippen LogP contribution >= 0.6 is 0 Å². The number of hydrogen-bond acceptors (Lipinski definition) is 3. The first-order valence-electron chi connectivity index (χ1n) is 7.03. The standard InChI is InChI=1S/C15H19FN2O/c1-18-12-3-2-4-13(18)8-10(7-12)15(19)14-9-11(16)5-6-17-14/h5-6,9-10,12-13H,2-4,7-8H2,1H3. The van der Waals surface area contributed by atoms with Crippen LogP contribution in [-0.2, 0) is 0 Å². The number of nitrogens with zero attached hydrogens (tertiary/aromatic N) is 2. The van der Waals surface area contributed by atoms with Crippen LogP contribution in [0.1, 0.15) is 42.6 Å². The van der Waals surface area contributed by atoms with Crippen LogP contribution in [0.15, 0.2) is 18.3 Å². The summed E-state index contributed by atoms with van der Waals surface area (Å²) in [4.78, 5) is 18.9. The highest BCUT2D eigenvalue weighted by atomic mass is 19.1. The summed E-state index contributed by atoms with van der Waals surface area (Å²) in [7, 11) is 2.16. The Labute approximate surface area is 112 Å². The van der Waals surface area contributed by atoms with Crippen LogP contribution in [0.25, 0.3) is 0 Å². The first kappa shape index (κ1) is 12.7. The minimum atomic E-state index is -0.383. The second-order valence-electron chi connectivity index (χ2n) is 5.80. The van der Waals surface area contributed by atoms with Gasteiger partial charge in [0.1, 0.15) is 11.5 Å². The van der Waals surface area contributed by atoms with Gasteiger partial charge in [0, 0.05) is 30.3 Å². The Morgan fingerprint density at radius 3 is 2.68 bits per heavy atom. The fraction of sp³-hybridized carbons (Fsp3) is 0.600. The maximum absolute atomic E-state index is 13.2. The summed E-state index contributed by atoms with van der Waals surface area (Å²) >= 11 is 0. The number of fused-ring (bicyclic) bond motifs is 2. The van der Waals surface area contributed by atoms with Gasteiger partial charge in [-0.2, -0.15) is 0 Å². The fourth-order valence-electron chi connectivity index (χ4n) is 3.58. The van der Waals surface area contributed by atoms with Gasteiger partial charge < -0.3 is 4.90 Å². The molecule has 4 heteroatoms. The van der Waals surface area contributed by atoms with E-state index in [9.17, 15) is 9.18 Å². The molecule has 102 valence electrons. The fourth-order valence-corrected chi connectivity index (χ4v) is 3.58. The van der Waals surface area contributed by atoms with E-state index in [1.54, 1.807) is 0 Å². The minimum absolute atomic E-state index is 0.0146. The molecule has 1 aromatic rings. The van der Waals surface area contributed by atoms with Crippen molar-refractivity contribution in [2.45, 2.75) is 44.2 Å². The molecule has 0 radical (unpaired) electrons. The number of Topliss-reactive ketones (excluding diaryl/α,β-unsaturated/α-hetero) is 1. The second kappa shape index (κ2) is 5.00. The van der Waals surface area contributed by atoms with E-state index in [0.717, 1.165) is 12.8 Å². The molecule has 0 amide bonds. The Morgan fingerprint density at radius 2 is 2.05 bits per heavy atom. The van der Waals surface area contributed by atoms with E-state index in [4.69, 9.17) is 0 Å². The first-order chi connectivity index (χ1) is 9.15. The molecule has 2 aliphatic rings. The summed E-state index contributed by atoms with van der Waals surface area (Å²) in [5.74, 6) is -0.350. The maximum Gasteiger partial charge on any atom is 0.184 e. The third-order valence-electron chi connectivity index (χ3n) is 4.69. The number of rotatable bonds is 2. The molecule has 2 saturated heterocycles. The van der Waals surface area contributed by atoms with Crippen LogP contribution in [0.2, 0.25) is 0 Å².